The average Bonchev–Trinajstić information content (AvgIpc) is 2.37. The molecule has 1 rings (SSSR count). The molecule has 3 N–H and O–H groups in total. The molecule has 0 aliphatic heterocycles. The van der Waals surface area contributed by atoms with Crippen molar-refractivity contribution in [2.75, 3.05) is 6.54 Å². The molecule has 0 aliphatic rings. The summed E-state index contributed by atoms with van der Waals surface area (Å²) in [5.74, 6) is -3.29. The highest BCUT2D eigenvalue weighted by molar-refractivity contribution is 5.94. The van der Waals surface area contributed by atoms with E-state index in [1.807, 2.05) is 0 Å². The number of nitrogens with one attached hydrogen (secondary N) is 1. The van der Waals surface area contributed by atoms with E-state index >= 15 is 0 Å². The van der Waals surface area contributed by atoms with Crippen LogP contribution in [0.15, 0.2) is 18.2 Å². The monoisotopic (exact) mass is 286 g/mol. The number of rotatable bonds is 6. The maximum atomic E-state index is 13.3. The van der Waals surface area contributed by atoms with Gasteiger partial charge in [-0.2, -0.15) is 4.39 Å². The number of nitrogens with zero attached hydrogens (tertiary/aromatic N) is 1. The van der Waals surface area contributed by atoms with Gasteiger partial charge in [0, 0.05) is 24.6 Å². The first-order valence-electron chi connectivity index (χ1n) is 5.46. The maximum Gasteiger partial charge on any atom is 0.332 e. The molecule has 0 aromatic heterocycles. The molecule has 0 heterocycles. The van der Waals surface area contributed by atoms with Gasteiger partial charge in [0.05, 0.1) is 4.92 Å². The number of carbonyl (C=O) groups is 2. The molecule has 0 unspecified atom stereocenters. The lowest BCUT2D eigenvalue weighted by Gasteiger charge is -2.07. The molecule has 0 aliphatic carbocycles. The van der Waals surface area contributed by atoms with Gasteiger partial charge in [0.1, 0.15) is 0 Å². The number of hydrogen-bond acceptors (Lipinski definition) is 5. The Balaban J connectivity index is 2.62. The molecular weight excluding hydrogens is 275 g/mol. The average molecular weight is 286 g/mol. The number of aliphatic hydroxyl groups is 1. The zero-order valence-electron chi connectivity index (χ0n) is 10.1. The van der Waals surface area contributed by atoms with Crippen LogP contribution in [0.4, 0.5) is 10.1 Å². The molecule has 1 atom stereocenters. The number of hydrogen-bond donors (Lipinski definition) is 3. The van der Waals surface area contributed by atoms with Crippen molar-refractivity contribution in [2.24, 2.45) is 0 Å². The Labute approximate surface area is 112 Å². The van der Waals surface area contributed by atoms with E-state index in [0.717, 1.165) is 12.1 Å². The topological polar surface area (TPSA) is 130 Å². The summed E-state index contributed by atoms with van der Waals surface area (Å²) in [5, 5.41) is 30.0. The highest BCUT2D eigenvalue weighted by Gasteiger charge is 2.17. The number of halogens is 1. The third-order valence-corrected chi connectivity index (χ3v) is 2.39. The summed E-state index contributed by atoms with van der Waals surface area (Å²) in [6.45, 7) is -0.134. The van der Waals surface area contributed by atoms with E-state index in [9.17, 15) is 24.1 Å². The Morgan fingerprint density at radius 3 is 2.60 bits per heavy atom. The van der Waals surface area contributed by atoms with Crippen molar-refractivity contribution >= 4 is 17.6 Å². The van der Waals surface area contributed by atoms with Crippen LogP contribution in [0.25, 0.3) is 0 Å². The van der Waals surface area contributed by atoms with Crippen molar-refractivity contribution in [3.63, 3.8) is 0 Å². The molecule has 0 bridgehead atoms. The second-order valence-corrected chi connectivity index (χ2v) is 3.82. The summed E-state index contributed by atoms with van der Waals surface area (Å²) < 4.78 is 13.3. The number of aliphatic hydroxyl groups excluding tert-OH is 1. The van der Waals surface area contributed by atoms with E-state index in [2.05, 4.69) is 5.32 Å². The number of nitro benzene ring substituents is 1. The van der Waals surface area contributed by atoms with E-state index in [1.165, 1.54) is 0 Å². The first-order valence-corrected chi connectivity index (χ1v) is 5.46. The first kappa shape index (κ1) is 15.5. The van der Waals surface area contributed by atoms with E-state index in [0.29, 0.717) is 6.07 Å². The fourth-order valence-electron chi connectivity index (χ4n) is 1.34. The van der Waals surface area contributed by atoms with Crippen LogP contribution in [0.3, 0.4) is 0 Å². The molecule has 1 aromatic rings. The van der Waals surface area contributed by atoms with Crippen LogP contribution < -0.4 is 5.32 Å². The van der Waals surface area contributed by atoms with Crippen LogP contribution in [-0.2, 0) is 4.79 Å². The second-order valence-electron chi connectivity index (χ2n) is 3.82. The van der Waals surface area contributed by atoms with E-state index in [4.69, 9.17) is 10.2 Å². The van der Waals surface area contributed by atoms with Gasteiger partial charge in [-0.1, -0.05) is 0 Å². The second kappa shape index (κ2) is 6.57. The lowest BCUT2D eigenvalue weighted by atomic mass is 10.2. The largest absolute Gasteiger partial charge is 0.479 e. The Bertz CT molecular complexity index is 548. The van der Waals surface area contributed by atoms with Crippen molar-refractivity contribution in [3.8, 4) is 0 Å². The van der Waals surface area contributed by atoms with Gasteiger partial charge in [0.15, 0.2) is 6.10 Å². The van der Waals surface area contributed by atoms with Crippen LogP contribution in [0.5, 0.6) is 0 Å². The predicted molar refractivity (Wildman–Crippen MR) is 63.6 cm³/mol. The Kier molecular flexibility index (Phi) is 5.09. The minimum Gasteiger partial charge on any atom is -0.479 e. The van der Waals surface area contributed by atoms with E-state index < -0.39 is 34.4 Å². The molecule has 108 valence electrons. The summed E-state index contributed by atoms with van der Waals surface area (Å²) in [6, 6.07) is 2.64. The Morgan fingerprint density at radius 2 is 2.10 bits per heavy atom. The van der Waals surface area contributed by atoms with Crippen LogP contribution in [0, 0.1) is 15.9 Å². The molecule has 1 aromatic carbocycles. The van der Waals surface area contributed by atoms with E-state index in [1.54, 1.807) is 0 Å². The molecule has 0 radical (unpaired) electrons. The standard InChI is InChI=1S/C11H11FN2O6/c12-7-5-6(1-2-8(7)14(19)20)10(16)13-4-3-9(15)11(17)18/h1-2,5,9,15H,3-4H2,(H,13,16)(H,17,18)/t9-/m0/s1. The highest BCUT2D eigenvalue weighted by atomic mass is 19.1. The van der Waals surface area contributed by atoms with Crippen LogP contribution in [-0.4, -0.2) is 39.7 Å². The number of carboxylic acid groups (broad SMARTS) is 1. The van der Waals surface area contributed by atoms with Gasteiger partial charge in [0.25, 0.3) is 5.91 Å². The summed E-state index contributed by atoms with van der Waals surface area (Å²) in [4.78, 5) is 31.3. The van der Waals surface area contributed by atoms with Crippen molar-refractivity contribution in [1.29, 1.82) is 0 Å². The lowest BCUT2D eigenvalue weighted by molar-refractivity contribution is -0.387. The summed E-state index contributed by atoms with van der Waals surface area (Å²) in [7, 11) is 0. The minimum absolute atomic E-state index is 0.134. The Morgan fingerprint density at radius 1 is 1.45 bits per heavy atom. The van der Waals surface area contributed by atoms with Gasteiger partial charge < -0.3 is 15.5 Å². The highest BCUT2D eigenvalue weighted by Crippen LogP contribution is 2.17. The fourth-order valence-corrected chi connectivity index (χ4v) is 1.34. The molecule has 0 spiro atoms. The maximum absolute atomic E-state index is 13.3. The quantitative estimate of drug-likeness (QED) is 0.509. The van der Waals surface area contributed by atoms with Crippen molar-refractivity contribution in [3.05, 3.63) is 39.7 Å². The molecular formula is C11H11FN2O6. The molecule has 0 saturated heterocycles. The lowest BCUT2D eigenvalue weighted by Crippen LogP contribution is -2.30. The third kappa shape index (κ3) is 3.99. The molecule has 1 amide bonds. The van der Waals surface area contributed by atoms with Gasteiger partial charge in [-0.25, -0.2) is 4.79 Å². The number of amides is 1. The van der Waals surface area contributed by atoms with Gasteiger partial charge in [-0.3, -0.25) is 14.9 Å². The van der Waals surface area contributed by atoms with Gasteiger partial charge in [0.2, 0.25) is 5.82 Å². The van der Waals surface area contributed by atoms with Crippen LogP contribution in [0.1, 0.15) is 16.8 Å². The van der Waals surface area contributed by atoms with Crippen molar-refractivity contribution < 1.29 is 29.1 Å². The van der Waals surface area contributed by atoms with Crippen molar-refractivity contribution in [2.45, 2.75) is 12.5 Å². The number of nitro groups is 1. The van der Waals surface area contributed by atoms with Crippen LogP contribution >= 0.6 is 0 Å². The summed E-state index contributed by atoms with van der Waals surface area (Å²) >= 11 is 0. The number of carboxylic acids is 1. The molecule has 0 fully saturated rings. The number of benzene rings is 1. The summed E-state index contributed by atoms with van der Waals surface area (Å²) in [6.07, 6.45) is -1.82. The fraction of sp³-hybridized carbons (Fsp3) is 0.273. The Hall–Kier alpha value is -2.55. The molecule has 0 saturated carbocycles. The zero-order valence-corrected chi connectivity index (χ0v) is 10.1. The third-order valence-electron chi connectivity index (χ3n) is 2.39. The number of carbonyl (C=O) groups excluding carboxylic acids is 1. The normalized spacial score (nSPS) is 11.7. The molecule has 8 nitrogen and oxygen atoms in total. The van der Waals surface area contributed by atoms with Gasteiger partial charge in [-0.05, 0) is 12.1 Å². The predicted octanol–water partition coefficient (Wildman–Crippen LogP) is 0.299. The molecule has 9 heteroatoms. The zero-order chi connectivity index (χ0) is 15.3. The smallest absolute Gasteiger partial charge is 0.332 e. The summed E-state index contributed by atoms with van der Waals surface area (Å²) in [5.41, 5.74) is -0.888. The SMILES string of the molecule is O=C(NCC[C@H](O)C(=O)O)c1ccc([N+](=O)[O-])c(F)c1. The van der Waals surface area contributed by atoms with Crippen LogP contribution in [0.2, 0.25) is 0 Å². The first-order chi connectivity index (χ1) is 9.32. The van der Waals surface area contributed by atoms with Crippen molar-refractivity contribution in [1.82, 2.24) is 5.32 Å². The van der Waals surface area contributed by atoms with Gasteiger partial charge >= 0.3 is 11.7 Å². The van der Waals surface area contributed by atoms with Gasteiger partial charge in [-0.15, -0.1) is 0 Å². The van der Waals surface area contributed by atoms with E-state index in [-0.39, 0.29) is 18.5 Å². The molecule has 20 heavy (non-hydrogen) atoms. The minimum atomic E-state index is -1.61. The number of aliphatic carboxylic acids is 1.